The number of ether oxygens (including phenoxy) is 1. The number of benzene rings is 3. The molecular formula is C27H23FN2O5. The molecule has 0 spiro atoms. The Labute approximate surface area is 201 Å². The molecule has 1 heterocycles. The topological polar surface area (TPSA) is 95.9 Å². The highest BCUT2D eigenvalue weighted by Crippen LogP contribution is 2.44. The van der Waals surface area contributed by atoms with E-state index >= 15 is 0 Å². The van der Waals surface area contributed by atoms with E-state index in [1.54, 1.807) is 0 Å². The molecule has 1 aliphatic carbocycles. The summed E-state index contributed by atoms with van der Waals surface area (Å²) in [5.41, 5.74) is 3.79. The van der Waals surface area contributed by atoms with Crippen molar-refractivity contribution in [2.45, 2.75) is 24.8 Å². The molecule has 3 aromatic carbocycles. The van der Waals surface area contributed by atoms with Gasteiger partial charge >= 0.3 is 12.1 Å². The molecule has 7 nitrogen and oxygen atoms in total. The minimum absolute atomic E-state index is 0.0325. The summed E-state index contributed by atoms with van der Waals surface area (Å²) in [7, 11) is 0. The highest BCUT2D eigenvalue weighted by Gasteiger charge is 2.36. The molecule has 1 fully saturated rings. The number of likely N-dealkylation sites (tertiary alicyclic amines) is 1. The van der Waals surface area contributed by atoms with Crippen molar-refractivity contribution in [1.29, 1.82) is 0 Å². The van der Waals surface area contributed by atoms with Crippen LogP contribution in [0.4, 0.5) is 14.9 Å². The van der Waals surface area contributed by atoms with Crippen molar-refractivity contribution < 1.29 is 28.6 Å². The van der Waals surface area contributed by atoms with E-state index in [0.29, 0.717) is 12.8 Å². The summed E-state index contributed by atoms with van der Waals surface area (Å²) < 4.78 is 20.2. The van der Waals surface area contributed by atoms with Gasteiger partial charge in [-0.3, -0.25) is 10.1 Å². The van der Waals surface area contributed by atoms with Gasteiger partial charge in [-0.1, -0.05) is 54.6 Å². The fourth-order valence-electron chi connectivity index (χ4n) is 4.99. The zero-order chi connectivity index (χ0) is 24.5. The van der Waals surface area contributed by atoms with E-state index in [1.165, 1.54) is 17.0 Å². The average molecular weight is 474 g/mol. The number of hydrogen-bond acceptors (Lipinski definition) is 4. The molecule has 5 rings (SSSR count). The number of fused-ring (bicyclic) bond motifs is 3. The number of halogens is 1. The van der Waals surface area contributed by atoms with E-state index in [0.717, 1.165) is 28.3 Å². The van der Waals surface area contributed by atoms with E-state index in [4.69, 9.17) is 4.74 Å². The van der Waals surface area contributed by atoms with Crippen LogP contribution in [0.2, 0.25) is 0 Å². The third-order valence-corrected chi connectivity index (χ3v) is 6.61. The lowest BCUT2D eigenvalue weighted by molar-refractivity contribution is -0.141. The van der Waals surface area contributed by atoms with Crippen molar-refractivity contribution in [1.82, 2.24) is 4.90 Å². The average Bonchev–Trinajstić information content (AvgIpc) is 3.47. The first-order chi connectivity index (χ1) is 17.0. The summed E-state index contributed by atoms with van der Waals surface area (Å²) >= 11 is 0. The van der Waals surface area contributed by atoms with Crippen LogP contribution in [-0.4, -0.2) is 47.2 Å². The second-order valence-electron chi connectivity index (χ2n) is 8.61. The van der Waals surface area contributed by atoms with Crippen LogP contribution >= 0.6 is 0 Å². The van der Waals surface area contributed by atoms with Crippen LogP contribution in [0.3, 0.4) is 0 Å². The van der Waals surface area contributed by atoms with E-state index in [1.807, 2.05) is 48.5 Å². The first kappa shape index (κ1) is 22.6. The lowest BCUT2D eigenvalue weighted by Gasteiger charge is -2.23. The zero-order valence-corrected chi connectivity index (χ0v) is 18.7. The molecule has 2 amide bonds. The fraction of sp³-hybridized carbons (Fsp3) is 0.222. The zero-order valence-electron chi connectivity index (χ0n) is 18.7. The van der Waals surface area contributed by atoms with Gasteiger partial charge < -0.3 is 14.7 Å². The Balaban J connectivity index is 1.34. The molecule has 0 aromatic heterocycles. The number of carboxylic acid groups (broad SMARTS) is 1. The number of nitrogens with zero attached hydrogens (tertiary/aromatic N) is 1. The Morgan fingerprint density at radius 3 is 2.29 bits per heavy atom. The van der Waals surface area contributed by atoms with E-state index in [9.17, 15) is 23.9 Å². The summed E-state index contributed by atoms with van der Waals surface area (Å²) in [4.78, 5) is 38.5. The monoisotopic (exact) mass is 474 g/mol. The SMILES string of the molecule is O=C(Nc1c(F)cccc1C(=O)N1CCC[C@H]1C(=O)O)OCC1c2ccccc2-c2ccccc21. The van der Waals surface area contributed by atoms with Crippen LogP contribution in [0, 0.1) is 5.82 Å². The molecule has 8 heteroatoms. The summed E-state index contributed by atoms with van der Waals surface area (Å²) in [6, 6.07) is 18.6. The molecule has 3 aromatic rings. The third kappa shape index (κ3) is 4.12. The molecule has 0 saturated carbocycles. The standard InChI is InChI=1S/C27H23FN2O5/c28-22-12-5-11-20(25(31)30-14-6-13-23(30)26(32)33)24(22)29-27(34)35-15-21-18-9-3-1-7-16(18)17-8-2-4-10-19(17)21/h1-5,7-12,21,23H,6,13-15H2,(H,29,34)(H,32,33)/t23-/m0/s1. The summed E-state index contributed by atoms with van der Waals surface area (Å²) in [5, 5.41) is 11.8. The lowest BCUT2D eigenvalue weighted by Crippen LogP contribution is -2.40. The molecule has 0 unspecified atom stereocenters. The summed E-state index contributed by atoms with van der Waals surface area (Å²) in [5.74, 6) is -2.74. The van der Waals surface area contributed by atoms with Gasteiger partial charge in [-0.15, -0.1) is 0 Å². The number of aliphatic carboxylic acids is 1. The Hall–Kier alpha value is -4.20. The van der Waals surface area contributed by atoms with E-state index < -0.39 is 29.8 Å². The Kier molecular flexibility index (Phi) is 5.94. The van der Waals surface area contributed by atoms with Gasteiger partial charge in [0.05, 0.1) is 11.3 Å². The number of hydrogen-bond donors (Lipinski definition) is 2. The van der Waals surface area contributed by atoms with Crippen molar-refractivity contribution >= 4 is 23.7 Å². The molecule has 2 aliphatic rings. The molecule has 35 heavy (non-hydrogen) atoms. The number of carbonyl (C=O) groups excluding carboxylic acids is 2. The van der Waals surface area contributed by atoms with Crippen LogP contribution in [0.5, 0.6) is 0 Å². The molecule has 0 bridgehead atoms. The predicted molar refractivity (Wildman–Crippen MR) is 127 cm³/mol. The maximum absolute atomic E-state index is 14.7. The Morgan fingerprint density at radius 2 is 1.63 bits per heavy atom. The van der Waals surface area contributed by atoms with Crippen LogP contribution in [-0.2, 0) is 9.53 Å². The van der Waals surface area contributed by atoms with Crippen molar-refractivity contribution in [3.8, 4) is 11.1 Å². The lowest BCUT2D eigenvalue weighted by atomic mass is 9.98. The van der Waals surface area contributed by atoms with E-state index in [-0.39, 0.29) is 30.3 Å². The first-order valence-corrected chi connectivity index (χ1v) is 11.4. The van der Waals surface area contributed by atoms with Crippen molar-refractivity contribution in [3.63, 3.8) is 0 Å². The molecule has 1 atom stereocenters. The van der Waals surface area contributed by atoms with E-state index in [2.05, 4.69) is 5.32 Å². The number of para-hydroxylation sites is 1. The van der Waals surface area contributed by atoms with Gasteiger partial charge in [-0.2, -0.15) is 0 Å². The van der Waals surface area contributed by atoms with Gasteiger partial charge in [0.15, 0.2) is 0 Å². The molecular weight excluding hydrogens is 451 g/mol. The quantitative estimate of drug-likeness (QED) is 0.550. The summed E-state index contributed by atoms with van der Waals surface area (Å²) in [6.45, 7) is 0.279. The maximum Gasteiger partial charge on any atom is 0.411 e. The van der Waals surface area contributed by atoms with Crippen molar-refractivity contribution in [3.05, 3.63) is 89.2 Å². The Bertz CT molecular complexity index is 1280. The van der Waals surface area contributed by atoms with Crippen LogP contribution in [0.1, 0.15) is 40.2 Å². The van der Waals surface area contributed by atoms with Crippen LogP contribution < -0.4 is 5.32 Å². The molecule has 1 saturated heterocycles. The van der Waals surface area contributed by atoms with Crippen LogP contribution in [0.25, 0.3) is 11.1 Å². The third-order valence-electron chi connectivity index (χ3n) is 6.61. The number of carboxylic acids is 1. The first-order valence-electron chi connectivity index (χ1n) is 11.4. The highest BCUT2D eigenvalue weighted by molar-refractivity contribution is 6.04. The second-order valence-corrected chi connectivity index (χ2v) is 8.61. The smallest absolute Gasteiger partial charge is 0.411 e. The van der Waals surface area contributed by atoms with Gasteiger partial charge in [-0.25, -0.2) is 14.0 Å². The normalized spacial score (nSPS) is 16.5. The summed E-state index contributed by atoms with van der Waals surface area (Å²) in [6.07, 6.45) is -0.0409. The molecule has 178 valence electrons. The molecule has 2 N–H and O–H groups in total. The van der Waals surface area contributed by atoms with Crippen molar-refractivity contribution in [2.24, 2.45) is 0 Å². The number of rotatable bonds is 5. The highest BCUT2D eigenvalue weighted by atomic mass is 19.1. The van der Waals surface area contributed by atoms with Gasteiger partial charge in [0.25, 0.3) is 5.91 Å². The Morgan fingerprint density at radius 1 is 0.971 bits per heavy atom. The van der Waals surface area contributed by atoms with Gasteiger partial charge in [0.2, 0.25) is 0 Å². The number of carbonyl (C=O) groups is 3. The van der Waals surface area contributed by atoms with Crippen molar-refractivity contribution in [2.75, 3.05) is 18.5 Å². The maximum atomic E-state index is 14.7. The molecule has 0 radical (unpaired) electrons. The number of nitrogens with one attached hydrogen (secondary N) is 1. The second kappa shape index (κ2) is 9.21. The number of amides is 2. The van der Waals surface area contributed by atoms with Gasteiger partial charge in [0.1, 0.15) is 18.5 Å². The van der Waals surface area contributed by atoms with Crippen LogP contribution in [0.15, 0.2) is 66.7 Å². The van der Waals surface area contributed by atoms with Gasteiger partial charge in [0, 0.05) is 12.5 Å². The largest absolute Gasteiger partial charge is 0.480 e. The predicted octanol–water partition coefficient (Wildman–Crippen LogP) is 4.88. The minimum Gasteiger partial charge on any atom is -0.480 e. The number of anilines is 1. The van der Waals surface area contributed by atoms with Gasteiger partial charge in [-0.05, 0) is 47.2 Å². The molecule has 1 aliphatic heterocycles. The minimum atomic E-state index is -1.11. The fourth-order valence-corrected chi connectivity index (χ4v) is 4.99.